The molecule has 2 fully saturated rings. The van der Waals surface area contributed by atoms with Crippen molar-refractivity contribution in [1.29, 1.82) is 0 Å². The summed E-state index contributed by atoms with van der Waals surface area (Å²) in [6.45, 7) is 5.98. The maximum atomic E-state index is 13.4. The molecule has 0 spiro atoms. The zero-order valence-electron chi connectivity index (χ0n) is 26.6. The smallest absolute Gasteiger partial charge is 0.381 e. The summed E-state index contributed by atoms with van der Waals surface area (Å²) in [4.78, 5) is 15.6. The minimum absolute atomic E-state index is 0.106. The molecule has 0 radical (unpaired) electrons. The molecule has 0 atom stereocenters. The van der Waals surface area contributed by atoms with E-state index in [0.717, 1.165) is 75.2 Å². The van der Waals surface area contributed by atoms with Crippen LogP contribution in [0, 0.1) is 30.7 Å². The van der Waals surface area contributed by atoms with Crippen LogP contribution in [0.1, 0.15) is 36.8 Å². The predicted molar refractivity (Wildman–Crippen MR) is 179 cm³/mol. The van der Waals surface area contributed by atoms with Gasteiger partial charge in [0, 0.05) is 75.2 Å². The SMILES string of the molecule is Cc1ccc(NCC2CCOCC2)nc1-c1cc(F)ncc1Cl.Fc1cc(-c2ccc(C(F)(F)F)c(NCC3CCOCC3)n2)c(Cl)cn1. The maximum Gasteiger partial charge on any atom is 0.419 e. The Morgan fingerprint density at radius 1 is 0.755 bits per heavy atom. The van der Waals surface area contributed by atoms with Gasteiger partial charge in [0.05, 0.1) is 27.0 Å². The highest BCUT2D eigenvalue weighted by atomic mass is 35.5. The van der Waals surface area contributed by atoms with Crippen LogP contribution in [0.4, 0.5) is 33.6 Å². The minimum Gasteiger partial charge on any atom is -0.381 e. The number of pyridine rings is 4. The number of nitrogens with zero attached hydrogens (tertiary/aromatic N) is 4. The molecule has 0 unspecified atom stereocenters. The van der Waals surface area contributed by atoms with Gasteiger partial charge >= 0.3 is 6.18 Å². The van der Waals surface area contributed by atoms with Crippen molar-refractivity contribution in [3.8, 4) is 22.5 Å². The number of nitrogens with one attached hydrogen (secondary N) is 2. The van der Waals surface area contributed by atoms with Crippen LogP contribution >= 0.6 is 23.2 Å². The lowest BCUT2D eigenvalue weighted by Gasteiger charge is -2.23. The predicted octanol–water partition coefficient (Wildman–Crippen LogP) is 8.88. The number of aromatic nitrogens is 4. The third-order valence-corrected chi connectivity index (χ3v) is 8.89. The van der Waals surface area contributed by atoms with Crippen molar-refractivity contribution in [2.75, 3.05) is 50.2 Å². The Morgan fingerprint density at radius 2 is 1.31 bits per heavy atom. The summed E-state index contributed by atoms with van der Waals surface area (Å²) < 4.78 is 77.3. The Labute approximate surface area is 290 Å². The van der Waals surface area contributed by atoms with Crippen molar-refractivity contribution >= 4 is 34.8 Å². The average Bonchev–Trinajstić information content (AvgIpc) is 3.10. The molecule has 8 nitrogen and oxygen atoms in total. The van der Waals surface area contributed by atoms with E-state index in [4.69, 9.17) is 32.7 Å². The molecule has 0 aliphatic carbocycles. The molecule has 2 N–H and O–H groups in total. The molecular weight excluding hydrogens is 690 g/mol. The lowest BCUT2D eigenvalue weighted by molar-refractivity contribution is -0.137. The Balaban J connectivity index is 0.000000192. The highest BCUT2D eigenvalue weighted by Crippen LogP contribution is 2.37. The first-order chi connectivity index (χ1) is 23.5. The number of aryl methyl sites for hydroxylation is 1. The molecule has 0 bridgehead atoms. The zero-order chi connectivity index (χ0) is 35.0. The van der Waals surface area contributed by atoms with Crippen LogP contribution in [0.5, 0.6) is 0 Å². The van der Waals surface area contributed by atoms with E-state index in [2.05, 4.69) is 30.6 Å². The van der Waals surface area contributed by atoms with Crippen molar-refractivity contribution in [3.05, 3.63) is 81.9 Å². The molecule has 2 saturated heterocycles. The number of alkyl halides is 3. The molecule has 6 rings (SSSR count). The fourth-order valence-corrected chi connectivity index (χ4v) is 5.86. The highest BCUT2D eigenvalue weighted by molar-refractivity contribution is 6.33. The number of rotatable bonds is 8. The largest absolute Gasteiger partial charge is 0.419 e. The van der Waals surface area contributed by atoms with Crippen LogP contribution in [-0.4, -0.2) is 59.5 Å². The summed E-state index contributed by atoms with van der Waals surface area (Å²) in [7, 11) is 0. The quantitative estimate of drug-likeness (QED) is 0.138. The van der Waals surface area contributed by atoms with E-state index >= 15 is 0 Å². The molecule has 4 aromatic rings. The molecule has 2 aliphatic heterocycles. The van der Waals surface area contributed by atoms with Crippen molar-refractivity contribution in [3.63, 3.8) is 0 Å². The first-order valence-corrected chi connectivity index (χ1v) is 16.6. The molecular formula is C34H35Cl2F5N6O2. The van der Waals surface area contributed by atoms with Crippen LogP contribution in [0.3, 0.4) is 0 Å². The van der Waals surface area contributed by atoms with Gasteiger partial charge in [0.2, 0.25) is 11.9 Å². The van der Waals surface area contributed by atoms with Gasteiger partial charge in [-0.1, -0.05) is 29.3 Å². The normalized spacial score (nSPS) is 15.8. The van der Waals surface area contributed by atoms with Crippen molar-refractivity contribution in [1.82, 2.24) is 19.9 Å². The van der Waals surface area contributed by atoms with Gasteiger partial charge in [-0.2, -0.15) is 22.0 Å². The molecule has 0 amide bonds. The van der Waals surface area contributed by atoms with E-state index < -0.39 is 23.6 Å². The Kier molecular flexibility index (Phi) is 12.6. The summed E-state index contributed by atoms with van der Waals surface area (Å²) in [6, 6.07) is 8.35. The van der Waals surface area contributed by atoms with Gasteiger partial charge in [0.25, 0.3) is 0 Å². The molecule has 4 aromatic heterocycles. The molecule has 49 heavy (non-hydrogen) atoms. The second-order valence-corrected chi connectivity index (χ2v) is 12.6. The first-order valence-electron chi connectivity index (χ1n) is 15.8. The number of ether oxygens (including phenoxy) is 2. The number of halogens is 7. The minimum atomic E-state index is -4.56. The summed E-state index contributed by atoms with van der Waals surface area (Å²) in [5, 5.41) is 6.66. The van der Waals surface area contributed by atoms with Crippen molar-refractivity contribution < 1.29 is 31.4 Å². The summed E-state index contributed by atoms with van der Waals surface area (Å²) in [5.41, 5.74) is 1.62. The van der Waals surface area contributed by atoms with Crippen LogP contribution in [-0.2, 0) is 15.7 Å². The first kappa shape index (κ1) is 36.6. The second-order valence-electron chi connectivity index (χ2n) is 11.8. The van der Waals surface area contributed by atoms with E-state index in [1.165, 1.54) is 18.3 Å². The standard InChI is InChI=1S/C17H16ClF4N3O.C17H19ClFN3O/c18-13-9-23-15(19)7-11(13)14-2-1-12(17(20,21)22)16(25-14)24-8-10-3-5-26-6-4-10;1-11-2-3-16(21-9-12-4-6-23-7-5-12)22-17(11)13-8-15(19)20-10-14(13)18/h1-2,7,9-10H,3-6,8H2,(H,24,25);2-3,8,10,12H,4-7,9H2,1H3,(H,21,22). The number of hydrogen-bond acceptors (Lipinski definition) is 8. The van der Waals surface area contributed by atoms with E-state index in [-0.39, 0.29) is 28.0 Å². The van der Waals surface area contributed by atoms with Gasteiger partial charge in [-0.15, -0.1) is 0 Å². The Hall–Kier alpha value is -3.65. The van der Waals surface area contributed by atoms with E-state index in [0.29, 0.717) is 42.0 Å². The van der Waals surface area contributed by atoms with E-state index in [1.807, 2.05) is 19.1 Å². The summed E-state index contributed by atoms with van der Waals surface area (Å²) in [5.74, 6) is -0.0800. The summed E-state index contributed by atoms with van der Waals surface area (Å²) >= 11 is 12.1. The number of anilines is 2. The lowest BCUT2D eigenvalue weighted by atomic mass is 10.0. The average molecular weight is 726 g/mol. The van der Waals surface area contributed by atoms with Gasteiger partial charge in [0.1, 0.15) is 11.6 Å². The van der Waals surface area contributed by atoms with Gasteiger partial charge < -0.3 is 20.1 Å². The molecule has 0 saturated carbocycles. The third-order valence-electron chi connectivity index (χ3n) is 8.28. The second kappa shape index (κ2) is 16.8. The molecule has 15 heteroatoms. The van der Waals surface area contributed by atoms with Crippen molar-refractivity contribution in [2.24, 2.45) is 11.8 Å². The fraction of sp³-hybridized carbons (Fsp3) is 0.412. The highest BCUT2D eigenvalue weighted by Gasteiger charge is 2.35. The van der Waals surface area contributed by atoms with E-state index in [9.17, 15) is 22.0 Å². The van der Waals surface area contributed by atoms with Gasteiger partial charge in [-0.25, -0.2) is 19.9 Å². The van der Waals surface area contributed by atoms with Gasteiger partial charge in [-0.3, -0.25) is 0 Å². The third kappa shape index (κ3) is 10.2. The Morgan fingerprint density at radius 3 is 1.90 bits per heavy atom. The lowest BCUT2D eigenvalue weighted by Crippen LogP contribution is -2.24. The van der Waals surface area contributed by atoms with E-state index in [1.54, 1.807) is 0 Å². The van der Waals surface area contributed by atoms with Crippen LogP contribution in [0.25, 0.3) is 22.5 Å². The molecule has 6 heterocycles. The van der Waals surface area contributed by atoms with Gasteiger partial charge in [0.15, 0.2) is 0 Å². The van der Waals surface area contributed by atoms with Gasteiger partial charge in [-0.05, 0) is 68.2 Å². The van der Waals surface area contributed by atoms with Crippen LogP contribution in [0.2, 0.25) is 10.0 Å². The number of hydrogen-bond donors (Lipinski definition) is 2. The summed E-state index contributed by atoms with van der Waals surface area (Å²) in [6.07, 6.45) is 1.53. The topological polar surface area (TPSA) is 94.1 Å². The van der Waals surface area contributed by atoms with Crippen LogP contribution < -0.4 is 10.6 Å². The molecule has 0 aromatic carbocycles. The fourth-order valence-electron chi connectivity index (χ4n) is 5.47. The van der Waals surface area contributed by atoms with Crippen molar-refractivity contribution in [2.45, 2.75) is 38.8 Å². The zero-order valence-corrected chi connectivity index (χ0v) is 28.1. The Bertz CT molecular complexity index is 1720. The molecule has 262 valence electrons. The van der Waals surface area contributed by atoms with Crippen LogP contribution in [0.15, 0.2) is 48.8 Å². The molecule has 2 aliphatic rings. The monoisotopic (exact) mass is 724 g/mol. The maximum absolute atomic E-state index is 13.4.